The standard InChI is InChI=1S/C15H18N2O2/c1-4-10(2)12-5-7-13(8-6-12)19-15-9-14(18)16-11(3)17-15/h5-10H,4H2,1-3H3,(H,16,17,18). The lowest BCUT2D eigenvalue weighted by atomic mass is 9.99. The topological polar surface area (TPSA) is 55.0 Å². The Hall–Kier alpha value is -2.10. The van der Waals surface area contributed by atoms with Crippen molar-refractivity contribution in [3.8, 4) is 11.6 Å². The zero-order chi connectivity index (χ0) is 13.8. The van der Waals surface area contributed by atoms with Crippen LogP contribution in [0.5, 0.6) is 11.6 Å². The van der Waals surface area contributed by atoms with E-state index in [0.717, 1.165) is 6.42 Å². The SMILES string of the molecule is CCC(C)c1ccc(Oc2cc(=O)[nH]c(C)n2)cc1. The average Bonchev–Trinajstić information content (AvgIpc) is 2.37. The minimum absolute atomic E-state index is 0.210. The first-order valence-electron chi connectivity index (χ1n) is 6.44. The molecule has 0 fully saturated rings. The molecule has 0 saturated heterocycles. The van der Waals surface area contributed by atoms with Crippen LogP contribution in [-0.4, -0.2) is 9.97 Å². The van der Waals surface area contributed by atoms with Crippen molar-refractivity contribution in [2.45, 2.75) is 33.1 Å². The first-order chi connectivity index (χ1) is 9.08. The number of aromatic nitrogens is 2. The van der Waals surface area contributed by atoms with Crippen molar-refractivity contribution in [3.63, 3.8) is 0 Å². The molecule has 0 spiro atoms. The second-order valence-corrected chi connectivity index (χ2v) is 4.65. The Morgan fingerprint density at radius 2 is 2.00 bits per heavy atom. The predicted molar refractivity (Wildman–Crippen MR) is 74.8 cm³/mol. The summed E-state index contributed by atoms with van der Waals surface area (Å²) in [5.74, 6) is 2.08. The Bertz CT molecular complexity index is 602. The maximum Gasteiger partial charge on any atom is 0.254 e. The summed E-state index contributed by atoms with van der Waals surface area (Å²) >= 11 is 0. The van der Waals surface area contributed by atoms with Gasteiger partial charge in [0.05, 0.1) is 6.07 Å². The number of aryl methyl sites for hydroxylation is 1. The number of hydrogen-bond donors (Lipinski definition) is 1. The monoisotopic (exact) mass is 258 g/mol. The summed E-state index contributed by atoms with van der Waals surface area (Å²) in [5, 5.41) is 0. The number of nitrogens with one attached hydrogen (secondary N) is 1. The number of nitrogens with zero attached hydrogens (tertiary/aromatic N) is 1. The molecule has 19 heavy (non-hydrogen) atoms. The average molecular weight is 258 g/mol. The van der Waals surface area contributed by atoms with Crippen LogP contribution in [0.2, 0.25) is 0 Å². The van der Waals surface area contributed by atoms with Crippen LogP contribution in [0.3, 0.4) is 0 Å². The molecule has 100 valence electrons. The fourth-order valence-corrected chi connectivity index (χ4v) is 1.83. The van der Waals surface area contributed by atoms with E-state index in [2.05, 4.69) is 23.8 Å². The second-order valence-electron chi connectivity index (χ2n) is 4.65. The first kappa shape index (κ1) is 13.3. The minimum Gasteiger partial charge on any atom is -0.439 e. The van der Waals surface area contributed by atoms with E-state index in [0.29, 0.717) is 23.4 Å². The van der Waals surface area contributed by atoms with Crippen molar-refractivity contribution in [2.75, 3.05) is 0 Å². The Kier molecular flexibility index (Phi) is 4.00. The number of H-pyrrole nitrogens is 1. The van der Waals surface area contributed by atoms with Crippen LogP contribution in [0.25, 0.3) is 0 Å². The molecule has 0 saturated carbocycles. The fourth-order valence-electron chi connectivity index (χ4n) is 1.83. The number of hydrogen-bond acceptors (Lipinski definition) is 3. The van der Waals surface area contributed by atoms with Crippen molar-refractivity contribution in [1.29, 1.82) is 0 Å². The molecule has 1 aromatic carbocycles. The van der Waals surface area contributed by atoms with E-state index < -0.39 is 0 Å². The highest BCUT2D eigenvalue weighted by Gasteiger charge is 2.04. The summed E-state index contributed by atoms with van der Waals surface area (Å²) in [5.41, 5.74) is 1.07. The van der Waals surface area contributed by atoms with Gasteiger partial charge in [-0.1, -0.05) is 26.0 Å². The largest absolute Gasteiger partial charge is 0.439 e. The van der Waals surface area contributed by atoms with Crippen LogP contribution in [0.15, 0.2) is 35.1 Å². The lowest BCUT2D eigenvalue weighted by molar-refractivity contribution is 0.458. The summed E-state index contributed by atoms with van der Waals surface area (Å²) < 4.78 is 5.58. The van der Waals surface area contributed by atoms with E-state index in [1.807, 2.05) is 24.3 Å². The van der Waals surface area contributed by atoms with Gasteiger partial charge < -0.3 is 9.72 Å². The molecule has 0 amide bonds. The van der Waals surface area contributed by atoms with E-state index in [-0.39, 0.29) is 5.56 Å². The van der Waals surface area contributed by atoms with Gasteiger partial charge in [0.2, 0.25) is 5.88 Å². The highest BCUT2D eigenvalue weighted by Crippen LogP contribution is 2.23. The van der Waals surface area contributed by atoms with Gasteiger partial charge in [0, 0.05) is 0 Å². The molecular formula is C15H18N2O2. The molecule has 1 heterocycles. The van der Waals surface area contributed by atoms with Gasteiger partial charge in [-0.3, -0.25) is 4.79 Å². The van der Waals surface area contributed by atoms with Crippen LogP contribution in [0.1, 0.15) is 37.6 Å². The van der Waals surface area contributed by atoms with Crippen molar-refractivity contribution >= 4 is 0 Å². The summed E-state index contributed by atoms with van der Waals surface area (Å²) in [4.78, 5) is 18.0. The van der Waals surface area contributed by atoms with E-state index in [1.165, 1.54) is 11.6 Å². The Labute approximate surface area is 112 Å². The molecule has 1 unspecified atom stereocenters. The third-order valence-electron chi connectivity index (χ3n) is 3.12. The van der Waals surface area contributed by atoms with E-state index >= 15 is 0 Å². The lowest BCUT2D eigenvalue weighted by Gasteiger charge is -2.10. The molecule has 1 atom stereocenters. The molecule has 4 nitrogen and oxygen atoms in total. The molecule has 0 aliphatic rings. The van der Waals surface area contributed by atoms with Gasteiger partial charge in [0.25, 0.3) is 5.56 Å². The second kappa shape index (κ2) is 5.69. The van der Waals surface area contributed by atoms with Crippen LogP contribution in [0, 0.1) is 6.92 Å². The van der Waals surface area contributed by atoms with Gasteiger partial charge in [0.15, 0.2) is 0 Å². The summed E-state index contributed by atoms with van der Waals surface area (Å²) in [6.07, 6.45) is 1.11. The molecule has 0 aliphatic heterocycles. The van der Waals surface area contributed by atoms with Crippen LogP contribution >= 0.6 is 0 Å². The van der Waals surface area contributed by atoms with Crippen molar-refractivity contribution in [3.05, 3.63) is 52.1 Å². The highest BCUT2D eigenvalue weighted by molar-refractivity contribution is 5.31. The maximum atomic E-state index is 11.3. The lowest BCUT2D eigenvalue weighted by Crippen LogP contribution is -2.08. The van der Waals surface area contributed by atoms with Crippen molar-refractivity contribution in [1.82, 2.24) is 9.97 Å². The molecule has 0 aliphatic carbocycles. The predicted octanol–water partition coefficient (Wildman–Crippen LogP) is 3.38. The van der Waals surface area contributed by atoms with Gasteiger partial charge in [-0.25, -0.2) is 4.98 Å². The van der Waals surface area contributed by atoms with Crippen LogP contribution < -0.4 is 10.3 Å². The van der Waals surface area contributed by atoms with Crippen molar-refractivity contribution in [2.24, 2.45) is 0 Å². The van der Waals surface area contributed by atoms with E-state index in [4.69, 9.17) is 4.74 Å². The zero-order valence-corrected chi connectivity index (χ0v) is 11.4. The third-order valence-corrected chi connectivity index (χ3v) is 3.12. The first-order valence-corrected chi connectivity index (χ1v) is 6.44. The molecule has 2 rings (SSSR count). The third kappa shape index (κ3) is 3.44. The maximum absolute atomic E-state index is 11.3. The van der Waals surface area contributed by atoms with Crippen molar-refractivity contribution < 1.29 is 4.74 Å². The van der Waals surface area contributed by atoms with Gasteiger partial charge in [-0.05, 0) is 37.0 Å². The molecule has 0 bridgehead atoms. The number of rotatable bonds is 4. The molecule has 4 heteroatoms. The summed E-state index contributed by atoms with van der Waals surface area (Å²) in [7, 11) is 0. The quantitative estimate of drug-likeness (QED) is 0.914. The molecule has 0 radical (unpaired) electrons. The van der Waals surface area contributed by atoms with Gasteiger partial charge in [-0.2, -0.15) is 0 Å². The van der Waals surface area contributed by atoms with Gasteiger partial charge in [0.1, 0.15) is 11.6 Å². The smallest absolute Gasteiger partial charge is 0.254 e. The zero-order valence-electron chi connectivity index (χ0n) is 11.4. The number of aromatic amines is 1. The number of benzene rings is 1. The molecule has 1 aromatic heterocycles. The molecule has 1 N–H and O–H groups in total. The van der Waals surface area contributed by atoms with Gasteiger partial charge >= 0.3 is 0 Å². The van der Waals surface area contributed by atoms with E-state index in [9.17, 15) is 4.79 Å². The Morgan fingerprint density at radius 3 is 2.58 bits per heavy atom. The van der Waals surface area contributed by atoms with Gasteiger partial charge in [-0.15, -0.1) is 0 Å². The minimum atomic E-state index is -0.210. The summed E-state index contributed by atoms with van der Waals surface area (Å²) in [6.45, 7) is 6.08. The van der Waals surface area contributed by atoms with E-state index in [1.54, 1.807) is 6.92 Å². The highest BCUT2D eigenvalue weighted by atomic mass is 16.5. The van der Waals surface area contributed by atoms with Crippen LogP contribution in [0.4, 0.5) is 0 Å². The fraction of sp³-hybridized carbons (Fsp3) is 0.333. The van der Waals surface area contributed by atoms with Crippen LogP contribution in [-0.2, 0) is 0 Å². The molecular weight excluding hydrogens is 240 g/mol. The molecule has 2 aromatic rings. The summed E-state index contributed by atoms with van der Waals surface area (Å²) in [6, 6.07) is 9.24. The Morgan fingerprint density at radius 1 is 1.32 bits per heavy atom. The Balaban J connectivity index is 2.17. The normalized spacial score (nSPS) is 12.2. The number of ether oxygens (including phenoxy) is 1.